The Labute approximate surface area is 274 Å². The van der Waals surface area contributed by atoms with E-state index < -0.39 is 90.0 Å². The van der Waals surface area contributed by atoms with Crippen molar-refractivity contribution < 1.29 is 65.0 Å². The number of carbonyl (C=O) groups excluding carboxylic acids is 1. The summed E-state index contributed by atoms with van der Waals surface area (Å²) in [6, 6.07) is 0. The highest BCUT2D eigenvalue weighted by atomic mass is 16.7. The molecule has 1 heterocycles. The van der Waals surface area contributed by atoms with Gasteiger partial charge in [-0.15, -0.1) is 0 Å². The molecule has 4 aliphatic carbocycles. The van der Waals surface area contributed by atoms with Gasteiger partial charge in [0.25, 0.3) is 0 Å². The SMILES string of the molecule is CC(C[C@@H](O)[C@](C)(O)[C@H]1CC[C@@]2(O)[C@@H]3CC=C4C[C@@H](O[C@@H]5O[C@H](CO)[C@@H](O)[C@H](O)[C@H]5O)CC(=O)[C@]4(C)[C@H]3CC[C@]12C)=C(CO)C(=O)O. The number of aliphatic carboxylic acids is 1. The summed E-state index contributed by atoms with van der Waals surface area (Å²) in [5.74, 6) is -2.39. The van der Waals surface area contributed by atoms with E-state index in [9.17, 15) is 55.5 Å². The number of hydrogen-bond acceptors (Lipinski definition) is 12. The van der Waals surface area contributed by atoms with E-state index >= 15 is 0 Å². The number of carboxylic acid groups (broad SMARTS) is 1. The van der Waals surface area contributed by atoms with Gasteiger partial charge in [0.2, 0.25) is 0 Å². The second kappa shape index (κ2) is 12.8. The molecule has 47 heavy (non-hydrogen) atoms. The maximum absolute atomic E-state index is 14.0. The predicted octanol–water partition coefficient (Wildman–Crippen LogP) is -0.0602. The van der Waals surface area contributed by atoms with Gasteiger partial charge in [0, 0.05) is 11.8 Å². The van der Waals surface area contributed by atoms with Gasteiger partial charge in [-0.25, -0.2) is 4.79 Å². The number of carbonyl (C=O) groups is 2. The Balaban J connectivity index is 1.35. The summed E-state index contributed by atoms with van der Waals surface area (Å²) < 4.78 is 11.5. The van der Waals surface area contributed by atoms with Gasteiger partial charge in [-0.2, -0.15) is 0 Å². The van der Waals surface area contributed by atoms with Gasteiger partial charge in [0.05, 0.1) is 47.6 Å². The monoisotopic (exact) mass is 668 g/mol. The zero-order chi connectivity index (χ0) is 34.9. The van der Waals surface area contributed by atoms with Crippen LogP contribution < -0.4 is 0 Å². The van der Waals surface area contributed by atoms with Crippen LogP contribution in [0.1, 0.15) is 79.1 Å². The molecule has 5 rings (SSSR count). The van der Waals surface area contributed by atoms with Crippen molar-refractivity contribution in [3.05, 3.63) is 22.8 Å². The molecule has 0 unspecified atom stereocenters. The van der Waals surface area contributed by atoms with Crippen LogP contribution in [0.5, 0.6) is 0 Å². The number of carboxylic acids is 1. The highest BCUT2D eigenvalue weighted by Crippen LogP contribution is 2.69. The lowest BCUT2D eigenvalue weighted by Gasteiger charge is -2.61. The third-order valence-corrected chi connectivity index (χ3v) is 13.1. The lowest BCUT2D eigenvalue weighted by atomic mass is 9.44. The molecule has 9 N–H and O–H groups in total. The Morgan fingerprint density at radius 1 is 1.09 bits per heavy atom. The molecule has 0 bridgehead atoms. The number of ether oxygens (including phenoxy) is 2. The number of hydrogen-bond donors (Lipinski definition) is 9. The van der Waals surface area contributed by atoms with Crippen LogP contribution in [0, 0.1) is 28.6 Å². The van der Waals surface area contributed by atoms with Crippen LogP contribution >= 0.6 is 0 Å². The first kappa shape index (κ1) is 36.5. The minimum absolute atomic E-state index is 0.00431. The topological polar surface area (TPSA) is 235 Å². The Kier molecular flexibility index (Phi) is 9.97. The van der Waals surface area contributed by atoms with Crippen molar-refractivity contribution in [2.75, 3.05) is 13.2 Å². The smallest absolute Gasteiger partial charge is 0.333 e. The minimum atomic E-state index is -1.68. The Hall–Kier alpha value is -1.78. The zero-order valence-electron chi connectivity index (χ0n) is 27.6. The lowest BCUT2D eigenvalue weighted by molar-refractivity contribution is -0.312. The van der Waals surface area contributed by atoms with Crippen molar-refractivity contribution in [1.82, 2.24) is 0 Å². The van der Waals surface area contributed by atoms with Crippen molar-refractivity contribution in [2.24, 2.45) is 28.6 Å². The van der Waals surface area contributed by atoms with E-state index in [4.69, 9.17) is 9.47 Å². The van der Waals surface area contributed by atoms with Gasteiger partial charge >= 0.3 is 5.97 Å². The molecule has 4 fully saturated rings. The van der Waals surface area contributed by atoms with Crippen LogP contribution in [0.15, 0.2) is 22.8 Å². The molecule has 1 aliphatic heterocycles. The second-order valence-corrected chi connectivity index (χ2v) is 15.3. The van der Waals surface area contributed by atoms with E-state index in [0.29, 0.717) is 38.5 Å². The first-order valence-electron chi connectivity index (χ1n) is 16.7. The summed E-state index contributed by atoms with van der Waals surface area (Å²) in [5.41, 5.74) is -3.72. The molecular formula is C34H52O13. The van der Waals surface area contributed by atoms with Gasteiger partial charge in [-0.3, -0.25) is 4.79 Å². The van der Waals surface area contributed by atoms with Crippen LogP contribution in [0.25, 0.3) is 0 Å². The van der Waals surface area contributed by atoms with Crippen LogP contribution in [0.3, 0.4) is 0 Å². The molecule has 0 spiro atoms. The van der Waals surface area contributed by atoms with E-state index in [1.165, 1.54) is 13.8 Å². The molecule has 0 aromatic rings. The van der Waals surface area contributed by atoms with Gasteiger partial charge < -0.3 is 55.4 Å². The molecule has 0 aromatic carbocycles. The molecular weight excluding hydrogens is 616 g/mol. The molecule has 13 nitrogen and oxygen atoms in total. The zero-order valence-corrected chi connectivity index (χ0v) is 27.6. The normalized spacial score (nSPS) is 45.9. The average Bonchev–Trinajstić information content (AvgIpc) is 3.29. The summed E-state index contributed by atoms with van der Waals surface area (Å²) in [6.07, 6.45) is -4.64. The van der Waals surface area contributed by atoms with E-state index in [2.05, 4.69) is 0 Å². The third kappa shape index (κ3) is 5.64. The Morgan fingerprint density at radius 3 is 2.38 bits per heavy atom. The van der Waals surface area contributed by atoms with Crippen molar-refractivity contribution in [3.63, 3.8) is 0 Å². The fourth-order valence-corrected chi connectivity index (χ4v) is 10.1. The van der Waals surface area contributed by atoms with Crippen LogP contribution in [-0.2, 0) is 19.1 Å². The van der Waals surface area contributed by atoms with Gasteiger partial charge in [-0.05, 0) is 83.5 Å². The van der Waals surface area contributed by atoms with E-state index in [1.807, 2.05) is 19.9 Å². The van der Waals surface area contributed by atoms with Gasteiger partial charge in [0.1, 0.15) is 30.2 Å². The molecule has 266 valence electrons. The summed E-state index contributed by atoms with van der Waals surface area (Å²) in [7, 11) is 0. The average molecular weight is 669 g/mol. The van der Waals surface area contributed by atoms with E-state index in [-0.39, 0.29) is 41.6 Å². The first-order chi connectivity index (χ1) is 21.9. The molecule has 1 saturated heterocycles. The standard InChI is InChI=1S/C34H52O13/c1-16(19(14-35)29(42)43)11-25(38)33(4,44)23-8-10-34(45)21-6-5-17-12-18(46-30-28(41)27(40)26(39)22(15-36)47-30)13-24(37)32(17,3)20(21)7-9-31(23,34)2/h5,18,20-23,25-28,30,35-36,38-41,44-45H,6-15H2,1-4H3,(H,42,43)/t18-,20+,21-,22-,23+,25-,26-,27+,28-,30-,31-,32+,33-,34-/m1/s1. The van der Waals surface area contributed by atoms with Crippen LogP contribution in [-0.4, -0.2) is 125 Å². The first-order valence-corrected chi connectivity index (χ1v) is 16.7. The number of rotatable bonds is 9. The number of aliphatic hydroxyl groups excluding tert-OH is 6. The largest absolute Gasteiger partial charge is 0.478 e. The van der Waals surface area contributed by atoms with E-state index in [0.717, 1.165) is 5.57 Å². The summed E-state index contributed by atoms with van der Waals surface area (Å²) in [5, 5.41) is 94.8. The maximum Gasteiger partial charge on any atom is 0.333 e. The number of fused-ring (bicyclic) bond motifs is 5. The fraction of sp³-hybridized carbons (Fsp3) is 0.824. The molecule has 0 amide bonds. The minimum Gasteiger partial charge on any atom is -0.478 e. The van der Waals surface area contributed by atoms with Crippen molar-refractivity contribution in [3.8, 4) is 0 Å². The van der Waals surface area contributed by atoms with Crippen LogP contribution in [0.4, 0.5) is 0 Å². The highest BCUT2D eigenvalue weighted by molar-refractivity contribution is 5.90. The summed E-state index contributed by atoms with van der Waals surface area (Å²) in [6.45, 7) is 5.59. The number of aliphatic hydroxyl groups is 8. The molecule has 5 aliphatic rings. The summed E-state index contributed by atoms with van der Waals surface area (Å²) >= 11 is 0. The second-order valence-electron chi connectivity index (χ2n) is 15.3. The molecule has 3 saturated carbocycles. The lowest BCUT2D eigenvalue weighted by Crippen LogP contribution is -2.64. The quantitative estimate of drug-likeness (QED) is 0.116. The maximum atomic E-state index is 14.0. The van der Waals surface area contributed by atoms with Crippen molar-refractivity contribution in [1.29, 1.82) is 0 Å². The van der Waals surface area contributed by atoms with Crippen LogP contribution in [0.2, 0.25) is 0 Å². The van der Waals surface area contributed by atoms with Gasteiger partial charge in [0.15, 0.2) is 6.29 Å². The highest BCUT2D eigenvalue weighted by Gasteiger charge is 2.70. The van der Waals surface area contributed by atoms with E-state index in [1.54, 1.807) is 0 Å². The summed E-state index contributed by atoms with van der Waals surface area (Å²) in [4.78, 5) is 25.5. The number of ketones is 1. The van der Waals surface area contributed by atoms with Crippen molar-refractivity contribution >= 4 is 11.8 Å². The molecule has 0 aromatic heterocycles. The Morgan fingerprint density at radius 2 is 1.77 bits per heavy atom. The number of Topliss-reactive ketones (excluding diaryl/α,β-unsaturated/α-hetero) is 1. The molecule has 0 radical (unpaired) electrons. The fourth-order valence-electron chi connectivity index (χ4n) is 10.1. The predicted molar refractivity (Wildman–Crippen MR) is 164 cm³/mol. The molecule has 13 heteroatoms. The van der Waals surface area contributed by atoms with Crippen molar-refractivity contribution in [2.45, 2.75) is 133 Å². The Bertz CT molecular complexity index is 1290. The third-order valence-electron chi connectivity index (χ3n) is 13.1. The molecule has 14 atom stereocenters. The number of allylic oxidation sites excluding steroid dienone is 1. The van der Waals surface area contributed by atoms with Gasteiger partial charge in [-0.1, -0.05) is 24.1 Å².